The first-order chi connectivity index (χ1) is 5.05. The van der Waals surface area contributed by atoms with Crippen LogP contribution in [0.3, 0.4) is 0 Å². The molecule has 0 aromatic carbocycles. The maximum absolute atomic E-state index is 10.7. The van der Waals surface area contributed by atoms with Crippen LogP contribution in [-0.2, 0) is 14.4 Å². The Morgan fingerprint density at radius 1 is 1.45 bits per heavy atom. The van der Waals surface area contributed by atoms with Crippen LogP contribution in [0.15, 0.2) is 0 Å². The zero-order chi connectivity index (χ0) is 8.65. The van der Waals surface area contributed by atoms with E-state index in [2.05, 4.69) is 4.84 Å². The number of nitrogens with two attached hydrogens (primary N) is 2. The molecule has 0 aromatic heterocycles. The van der Waals surface area contributed by atoms with E-state index in [0.717, 1.165) is 5.06 Å². The van der Waals surface area contributed by atoms with Gasteiger partial charge in [0.2, 0.25) is 5.54 Å². The lowest BCUT2D eigenvalue weighted by atomic mass is 10.1. The van der Waals surface area contributed by atoms with Gasteiger partial charge in [0.15, 0.2) is 0 Å². The largest absolute Gasteiger partial charge is 0.367 e. The van der Waals surface area contributed by atoms with Gasteiger partial charge in [-0.1, -0.05) is 0 Å². The van der Waals surface area contributed by atoms with Crippen LogP contribution in [0.5, 0.6) is 0 Å². The SMILES string of the molecule is CON1CC1(C(N)=O)C(N)=O. The third-order valence-corrected chi connectivity index (χ3v) is 1.73. The smallest absolute Gasteiger partial charge is 0.251 e. The lowest BCUT2D eigenvalue weighted by Crippen LogP contribution is -2.47. The summed E-state index contributed by atoms with van der Waals surface area (Å²) in [5, 5.41) is 1.14. The van der Waals surface area contributed by atoms with Gasteiger partial charge in [-0.05, 0) is 0 Å². The van der Waals surface area contributed by atoms with Gasteiger partial charge in [0, 0.05) is 0 Å². The summed E-state index contributed by atoms with van der Waals surface area (Å²) in [6.07, 6.45) is 0. The first-order valence-electron chi connectivity index (χ1n) is 2.97. The van der Waals surface area contributed by atoms with Crippen LogP contribution in [0.4, 0.5) is 0 Å². The zero-order valence-electron chi connectivity index (χ0n) is 6.03. The van der Waals surface area contributed by atoms with Gasteiger partial charge in [0.1, 0.15) is 0 Å². The highest BCUT2D eigenvalue weighted by atomic mass is 16.7. The minimum atomic E-state index is -1.39. The number of hydrogen-bond donors (Lipinski definition) is 2. The average Bonchev–Trinajstić information content (AvgIpc) is 2.61. The van der Waals surface area contributed by atoms with Gasteiger partial charge in [-0.15, -0.1) is 0 Å². The fraction of sp³-hybridized carbons (Fsp3) is 0.600. The van der Waals surface area contributed by atoms with E-state index in [1.165, 1.54) is 7.11 Å². The summed E-state index contributed by atoms with van der Waals surface area (Å²) in [6.45, 7) is 0.147. The summed E-state index contributed by atoms with van der Waals surface area (Å²) in [6, 6.07) is 0. The molecule has 0 aliphatic carbocycles. The highest BCUT2D eigenvalue weighted by molar-refractivity contribution is 6.11. The highest BCUT2D eigenvalue weighted by Gasteiger charge is 2.64. The van der Waals surface area contributed by atoms with Crippen LogP contribution in [0.25, 0.3) is 0 Å². The van der Waals surface area contributed by atoms with E-state index >= 15 is 0 Å². The van der Waals surface area contributed by atoms with Gasteiger partial charge in [0.05, 0.1) is 13.7 Å². The van der Waals surface area contributed by atoms with Crippen molar-refractivity contribution in [2.75, 3.05) is 13.7 Å². The third kappa shape index (κ3) is 0.873. The molecule has 1 aliphatic rings. The number of primary amides is 2. The first-order valence-corrected chi connectivity index (χ1v) is 2.97. The van der Waals surface area contributed by atoms with Crippen molar-refractivity contribution in [2.45, 2.75) is 5.54 Å². The van der Waals surface area contributed by atoms with Crippen LogP contribution in [-0.4, -0.2) is 36.1 Å². The fourth-order valence-corrected chi connectivity index (χ4v) is 0.916. The van der Waals surface area contributed by atoms with E-state index in [4.69, 9.17) is 11.5 Å². The Morgan fingerprint density at radius 2 is 1.91 bits per heavy atom. The van der Waals surface area contributed by atoms with Crippen molar-refractivity contribution in [3.63, 3.8) is 0 Å². The minimum absolute atomic E-state index is 0.147. The quantitative estimate of drug-likeness (QED) is 0.353. The molecule has 6 nitrogen and oxygen atoms in total. The topological polar surface area (TPSA) is 98.4 Å². The van der Waals surface area contributed by atoms with Gasteiger partial charge in [0.25, 0.3) is 11.8 Å². The number of hydrogen-bond acceptors (Lipinski definition) is 4. The van der Waals surface area contributed by atoms with Gasteiger partial charge in [-0.25, -0.2) is 0 Å². The van der Waals surface area contributed by atoms with E-state index in [9.17, 15) is 9.59 Å². The summed E-state index contributed by atoms with van der Waals surface area (Å²) in [5.41, 5.74) is 8.48. The van der Waals surface area contributed by atoms with Gasteiger partial charge < -0.3 is 16.3 Å². The molecular formula is C5H9N3O3. The second-order valence-electron chi connectivity index (χ2n) is 2.31. The molecular weight excluding hydrogens is 150 g/mol. The van der Waals surface area contributed by atoms with Crippen LogP contribution < -0.4 is 11.5 Å². The molecule has 0 aromatic rings. The lowest BCUT2D eigenvalue weighted by molar-refractivity contribution is -0.140. The van der Waals surface area contributed by atoms with Crippen molar-refractivity contribution in [1.29, 1.82) is 0 Å². The molecule has 0 spiro atoms. The van der Waals surface area contributed by atoms with Gasteiger partial charge >= 0.3 is 0 Å². The first kappa shape index (κ1) is 7.96. The second kappa shape index (κ2) is 2.18. The van der Waals surface area contributed by atoms with Crippen LogP contribution in [0, 0.1) is 0 Å². The van der Waals surface area contributed by atoms with Crippen molar-refractivity contribution in [3.8, 4) is 0 Å². The van der Waals surface area contributed by atoms with Gasteiger partial charge in [-0.3, -0.25) is 9.59 Å². The summed E-state index contributed by atoms with van der Waals surface area (Å²) in [5.74, 6) is -1.54. The molecule has 2 amide bonds. The monoisotopic (exact) mass is 159 g/mol. The van der Waals surface area contributed by atoms with Gasteiger partial charge in [-0.2, -0.15) is 5.06 Å². The number of carbonyl (C=O) groups is 2. The van der Waals surface area contributed by atoms with Crippen molar-refractivity contribution in [1.82, 2.24) is 5.06 Å². The standard InChI is InChI=1S/C5H9N3O3/c1-11-8-2-5(8,3(6)9)4(7)10/h2H2,1H3,(H2,6,9)(H2,7,10). The van der Waals surface area contributed by atoms with E-state index in [-0.39, 0.29) is 6.54 Å². The predicted octanol–water partition coefficient (Wildman–Crippen LogP) is -2.43. The number of carbonyl (C=O) groups excluding carboxylic acids is 2. The second-order valence-corrected chi connectivity index (χ2v) is 2.31. The molecule has 11 heavy (non-hydrogen) atoms. The van der Waals surface area contributed by atoms with Crippen molar-refractivity contribution in [3.05, 3.63) is 0 Å². The third-order valence-electron chi connectivity index (χ3n) is 1.73. The number of hydroxylamine groups is 2. The normalized spacial score (nSPS) is 26.1. The van der Waals surface area contributed by atoms with Crippen LogP contribution in [0.2, 0.25) is 0 Å². The number of nitrogens with zero attached hydrogens (tertiary/aromatic N) is 1. The molecule has 4 N–H and O–H groups in total. The predicted molar refractivity (Wildman–Crippen MR) is 34.8 cm³/mol. The molecule has 1 unspecified atom stereocenters. The summed E-state index contributed by atoms with van der Waals surface area (Å²) in [4.78, 5) is 26.0. The molecule has 1 atom stereocenters. The van der Waals surface area contributed by atoms with Crippen LogP contribution >= 0.6 is 0 Å². The van der Waals surface area contributed by atoms with E-state index in [1.54, 1.807) is 0 Å². The van der Waals surface area contributed by atoms with E-state index in [0.29, 0.717) is 0 Å². The average molecular weight is 159 g/mol. The molecule has 1 aliphatic heterocycles. The zero-order valence-corrected chi connectivity index (χ0v) is 6.03. The highest BCUT2D eigenvalue weighted by Crippen LogP contribution is 2.30. The molecule has 1 fully saturated rings. The minimum Gasteiger partial charge on any atom is -0.367 e. The van der Waals surface area contributed by atoms with E-state index in [1.807, 2.05) is 0 Å². The molecule has 1 heterocycles. The molecule has 62 valence electrons. The van der Waals surface area contributed by atoms with Crippen molar-refractivity contribution in [2.24, 2.45) is 11.5 Å². The van der Waals surface area contributed by atoms with E-state index < -0.39 is 17.4 Å². The molecule has 1 saturated heterocycles. The Balaban J connectivity index is 2.79. The summed E-state index contributed by atoms with van der Waals surface area (Å²) >= 11 is 0. The molecule has 0 bridgehead atoms. The van der Waals surface area contributed by atoms with Crippen LogP contribution in [0.1, 0.15) is 0 Å². The molecule has 0 radical (unpaired) electrons. The molecule has 1 rings (SSSR count). The summed E-state index contributed by atoms with van der Waals surface area (Å²) < 4.78 is 0. The van der Waals surface area contributed by atoms with Crippen molar-refractivity contribution < 1.29 is 14.4 Å². The number of amides is 2. The lowest BCUT2D eigenvalue weighted by Gasteiger charge is -2.06. The maximum Gasteiger partial charge on any atom is 0.251 e. The molecule has 0 saturated carbocycles. The number of rotatable bonds is 3. The summed E-state index contributed by atoms with van der Waals surface area (Å²) in [7, 11) is 1.34. The Hall–Kier alpha value is -1.14. The Kier molecular flexibility index (Phi) is 1.57. The Bertz CT molecular complexity index is 201. The Labute approximate surface area is 63.0 Å². The van der Waals surface area contributed by atoms with Crippen molar-refractivity contribution >= 4 is 11.8 Å². The fourth-order valence-electron chi connectivity index (χ4n) is 0.916. The Morgan fingerprint density at radius 3 is 2.00 bits per heavy atom. The molecule has 6 heteroatoms. The maximum atomic E-state index is 10.7.